The molecule has 4 nitrogen and oxygen atoms in total. The number of hydrogen-bond donors (Lipinski definition) is 1. The van der Waals surface area contributed by atoms with Crippen LogP contribution in [0.15, 0.2) is 24.3 Å². The van der Waals surface area contributed by atoms with Gasteiger partial charge in [0.25, 0.3) is 0 Å². The summed E-state index contributed by atoms with van der Waals surface area (Å²) in [7, 11) is 1.40. The van der Waals surface area contributed by atoms with Crippen molar-refractivity contribution in [1.29, 1.82) is 0 Å². The predicted octanol–water partition coefficient (Wildman–Crippen LogP) is 2.41. The minimum atomic E-state index is -4.71. The standard InChI is InChI=1S/C12H14F3NO3/c1-8(16-11(17)7-18-2)9-3-5-10(6-4-9)19-12(13,14)15/h3-6,8H,7H2,1-2H3,(H,16,17)/t8-/m1/s1. The number of carbonyl (C=O) groups is 1. The molecule has 0 spiro atoms. The van der Waals surface area contributed by atoms with Crippen LogP contribution in [0.3, 0.4) is 0 Å². The zero-order chi connectivity index (χ0) is 14.5. The zero-order valence-corrected chi connectivity index (χ0v) is 10.5. The summed E-state index contributed by atoms with van der Waals surface area (Å²) in [6.45, 7) is 1.65. The number of rotatable bonds is 5. The van der Waals surface area contributed by atoms with E-state index in [1.54, 1.807) is 6.92 Å². The molecule has 0 aliphatic carbocycles. The summed E-state index contributed by atoms with van der Waals surface area (Å²) < 4.78 is 44.3. The van der Waals surface area contributed by atoms with E-state index in [4.69, 9.17) is 0 Å². The van der Waals surface area contributed by atoms with Gasteiger partial charge in [0.05, 0.1) is 6.04 Å². The molecule has 1 rings (SSSR count). The van der Waals surface area contributed by atoms with Crippen molar-refractivity contribution in [2.24, 2.45) is 0 Å². The van der Waals surface area contributed by atoms with Crippen LogP contribution in [0.1, 0.15) is 18.5 Å². The van der Waals surface area contributed by atoms with E-state index in [1.165, 1.54) is 31.4 Å². The summed E-state index contributed by atoms with van der Waals surface area (Å²) in [5, 5.41) is 2.64. The second kappa shape index (κ2) is 6.42. The summed E-state index contributed by atoms with van der Waals surface area (Å²) in [6, 6.07) is 4.98. The maximum absolute atomic E-state index is 12.0. The van der Waals surface area contributed by atoms with Crippen LogP contribution >= 0.6 is 0 Å². The van der Waals surface area contributed by atoms with Gasteiger partial charge in [0.15, 0.2) is 0 Å². The van der Waals surface area contributed by atoms with Crippen LogP contribution in [0.4, 0.5) is 13.2 Å². The largest absolute Gasteiger partial charge is 0.573 e. The number of ether oxygens (including phenoxy) is 2. The van der Waals surface area contributed by atoms with E-state index in [0.29, 0.717) is 5.56 Å². The third-order valence-electron chi connectivity index (χ3n) is 2.27. The first kappa shape index (κ1) is 15.3. The fraction of sp³-hybridized carbons (Fsp3) is 0.417. The molecule has 106 valence electrons. The highest BCUT2D eigenvalue weighted by Gasteiger charge is 2.31. The average Bonchev–Trinajstić information content (AvgIpc) is 2.27. The van der Waals surface area contributed by atoms with Gasteiger partial charge < -0.3 is 14.8 Å². The van der Waals surface area contributed by atoms with Crippen molar-refractivity contribution < 1.29 is 27.4 Å². The molecule has 1 amide bonds. The topological polar surface area (TPSA) is 47.6 Å². The second-order valence-corrected chi connectivity index (χ2v) is 3.84. The third kappa shape index (κ3) is 5.60. The lowest BCUT2D eigenvalue weighted by Gasteiger charge is -2.15. The van der Waals surface area contributed by atoms with E-state index in [2.05, 4.69) is 14.8 Å². The number of hydrogen-bond acceptors (Lipinski definition) is 3. The minimum absolute atomic E-state index is 0.0698. The summed E-state index contributed by atoms with van der Waals surface area (Å²) in [4.78, 5) is 11.3. The van der Waals surface area contributed by atoms with Crippen molar-refractivity contribution in [2.45, 2.75) is 19.3 Å². The van der Waals surface area contributed by atoms with Crippen LogP contribution in [-0.2, 0) is 9.53 Å². The van der Waals surface area contributed by atoms with Crippen LogP contribution in [0.25, 0.3) is 0 Å². The number of halogens is 3. The highest BCUT2D eigenvalue weighted by Crippen LogP contribution is 2.24. The van der Waals surface area contributed by atoms with Gasteiger partial charge in [-0.05, 0) is 24.6 Å². The lowest BCUT2D eigenvalue weighted by molar-refractivity contribution is -0.274. The molecule has 1 aromatic rings. The molecule has 0 heterocycles. The van der Waals surface area contributed by atoms with E-state index in [9.17, 15) is 18.0 Å². The molecule has 0 bridgehead atoms. The number of methoxy groups -OCH3 is 1. The Balaban J connectivity index is 2.63. The molecule has 0 aliphatic rings. The number of benzene rings is 1. The van der Waals surface area contributed by atoms with E-state index in [0.717, 1.165) is 0 Å². The van der Waals surface area contributed by atoms with Gasteiger partial charge >= 0.3 is 6.36 Å². The molecule has 0 radical (unpaired) electrons. The zero-order valence-electron chi connectivity index (χ0n) is 10.5. The molecular weight excluding hydrogens is 263 g/mol. The van der Waals surface area contributed by atoms with Gasteiger partial charge in [-0.25, -0.2) is 0 Å². The number of amides is 1. The van der Waals surface area contributed by atoms with Gasteiger partial charge in [0.2, 0.25) is 5.91 Å². The molecule has 0 fully saturated rings. The fourth-order valence-electron chi connectivity index (χ4n) is 1.46. The Morgan fingerprint density at radius 3 is 2.37 bits per heavy atom. The molecule has 1 N–H and O–H groups in total. The van der Waals surface area contributed by atoms with Crippen LogP contribution < -0.4 is 10.1 Å². The van der Waals surface area contributed by atoms with Crippen molar-refractivity contribution >= 4 is 5.91 Å². The molecule has 0 aromatic heterocycles. The molecule has 0 saturated carbocycles. The van der Waals surface area contributed by atoms with Gasteiger partial charge in [0, 0.05) is 7.11 Å². The maximum Gasteiger partial charge on any atom is 0.573 e. The van der Waals surface area contributed by atoms with Crippen molar-refractivity contribution in [1.82, 2.24) is 5.32 Å². The van der Waals surface area contributed by atoms with E-state index in [1.807, 2.05) is 0 Å². The Kier molecular flexibility index (Phi) is 5.17. The Labute approximate surface area is 108 Å². The minimum Gasteiger partial charge on any atom is -0.406 e. The van der Waals surface area contributed by atoms with Crippen molar-refractivity contribution in [3.05, 3.63) is 29.8 Å². The summed E-state index contributed by atoms with van der Waals surface area (Å²) >= 11 is 0. The molecule has 1 aromatic carbocycles. The Hall–Kier alpha value is -1.76. The van der Waals surface area contributed by atoms with Crippen molar-refractivity contribution in [3.63, 3.8) is 0 Å². The Bertz CT molecular complexity index is 417. The predicted molar refractivity (Wildman–Crippen MR) is 61.6 cm³/mol. The lowest BCUT2D eigenvalue weighted by Crippen LogP contribution is -2.29. The quantitative estimate of drug-likeness (QED) is 0.899. The summed E-state index contributed by atoms with van der Waals surface area (Å²) in [6.07, 6.45) is -4.71. The van der Waals surface area contributed by atoms with E-state index >= 15 is 0 Å². The van der Waals surface area contributed by atoms with Crippen molar-refractivity contribution in [2.75, 3.05) is 13.7 Å². The van der Waals surface area contributed by atoms with E-state index in [-0.39, 0.29) is 24.3 Å². The highest BCUT2D eigenvalue weighted by molar-refractivity contribution is 5.77. The SMILES string of the molecule is COCC(=O)N[C@H](C)c1ccc(OC(F)(F)F)cc1. The Morgan fingerprint density at radius 2 is 1.89 bits per heavy atom. The first-order valence-corrected chi connectivity index (χ1v) is 5.46. The highest BCUT2D eigenvalue weighted by atomic mass is 19.4. The normalized spacial score (nSPS) is 12.9. The third-order valence-corrected chi connectivity index (χ3v) is 2.27. The second-order valence-electron chi connectivity index (χ2n) is 3.84. The molecule has 19 heavy (non-hydrogen) atoms. The van der Waals surface area contributed by atoms with Crippen molar-refractivity contribution in [3.8, 4) is 5.75 Å². The molecule has 1 atom stereocenters. The van der Waals surface area contributed by atoms with Crippen LogP contribution in [0.2, 0.25) is 0 Å². The Morgan fingerprint density at radius 1 is 1.32 bits per heavy atom. The smallest absolute Gasteiger partial charge is 0.406 e. The monoisotopic (exact) mass is 277 g/mol. The van der Waals surface area contributed by atoms with Gasteiger partial charge in [-0.1, -0.05) is 12.1 Å². The number of carbonyl (C=O) groups excluding carboxylic acids is 1. The lowest BCUT2D eigenvalue weighted by atomic mass is 10.1. The molecule has 7 heteroatoms. The molecule has 0 aliphatic heterocycles. The van der Waals surface area contributed by atoms with Gasteiger partial charge in [-0.3, -0.25) is 4.79 Å². The van der Waals surface area contributed by atoms with Gasteiger partial charge in [-0.2, -0.15) is 0 Å². The first-order valence-electron chi connectivity index (χ1n) is 5.46. The summed E-state index contributed by atoms with van der Waals surface area (Å²) in [5.74, 6) is -0.600. The first-order chi connectivity index (χ1) is 8.81. The van der Waals surface area contributed by atoms with Crippen LogP contribution in [0, 0.1) is 0 Å². The maximum atomic E-state index is 12.0. The molecular formula is C12H14F3NO3. The van der Waals surface area contributed by atoms with E-state index < -0.39 is 6.36 Å². The summed E-state index contributed by atoms with van der Waals surface area (Å²) in [5.41, 5.74) is 0.666. The van der Waals surface area contributed by atoms with Gasteiger partial charge in [0.1, 0.15) is 12.4 Å². The van der Waals surface area contributed by atoms with Crippen LogP contribution in [0.5, 0.6) is 5.75 Å². The van der Waals surface area contributed by atoms with Crippen LogP contribution in [-0.4, -0.2) is 26.0 Å². The number of alkyl halides is 3. The van der Waals surface area contributed by atoms with Gasteiger partial charge in [-0.15, -0.1) is 13.2 Å². The number of nitrogens with one attached hydrogen (secondary N) is 1. The fourth-order valence-corrected chi connectivity index (χ4v) is 1.46. The molecule has 0 unspecified atom stereocenters. The molecule has 0 saturated heterocycles. The average molecular weight is 277 g/mol.